The van der Waals surface area contributed by atoms with Crippen molar-refractivity contribution in [3.05, 3.63) is 70.5 Å². The fourth-order valence-corrected chi connectivity index (χ4v) is 2.08. The van der Waals surface area contributed by atoms with Crippen molar-refractivity contribution in [3.63, 3.8) is 0 Å². The van der Waals surface area contributed by atoms with E-state index in [1.807, 2.05) is 5.32 Å². The summed E-state index contributed by atoms with van der Waals surface area (Å²) in [5.74, 6) is -4.28. The lowest BCUT2D eigenvalue weighted by atomic mass is 10.2. The summed E-state index contributed by atoms with van der Waals surface area (Å²) in [5, 5.41) is 1.91. The fourth-order valence-electron chi connectivity index (χ4n) is 1.89. The average molecular weight is 384 g/mol. The summed E-state index contributed by atoms with van der Waals surface area (Å²) in [6, 6.07) is 6.93. The molecule has 2 rings (SSSR count). The van der Waals surface area contributed by atoms with Crippen molar-refractivity contribution in [2.75, 3.05) is 5.32 Å². The Hall–Kier alpha value is -2.80. The molecule has 1 N–H and O–H groups in total. The number of benzene rings is 2. The SMILES string of the molecule is C[C@H](OC(=O)/C=C/c1ccc(F)c(Cl)c1)C(=O)Nc1c(F)cccc1F. The third-order valence-electron chi connectivity index (χ3n) is 3.23. The van der Waals surface area contributed by atoms with Crippen LogP contribution in [0.25, 0.3) is 6.08 Å². The maximum Gasteiger partial charge on any atom is 0.331 e. The van der Waals surface area contributed by atoms with Gasteiger partial charge in [-0.3, -0.25) is 4.79 Å². The van der Waals surface area contributed by atoms with Gasteiger partial charge in [-0.25, -0.2) is 18.0 Å². The molecule has 0 aliphatic rings. The van der Waals surface area contributed by atoms with Crippen LogP contribution in [-0.2, 0) is 14.3 Å². The van der Waals surface area contributed by atoms with E-state index in [2.05, 4.69) is 0 Å². The standard InChI is InChI=1S/C18H13ClF3NO3/c1-10(18(25)23-17-14(21)3-2-4-15(17)22)26-16(24)8-6-11-5-7-13(20)12(19)9-11/h2-10H,1H3,(H,23,25)/b8-6+/t10-/m0/s1. The van der Waals surface area contributed by atoms with E-state index in [0.717, 1.165) is 30.3 Å². The summed E-state index contributed by atoms with van der Waals surface area (Å²) in [4.78, 5) is 23.6. The zero-order valence-electron chi connectivity index (χ0n) is 13.4. The second-order valence-electron chi connectivity index (χ2n) is 5.17. The molecule has 0 aliphatic carbocycles. The average Bonchev–Trinajstić information content (AvgIpc) is 2.59. The number of para-hydroxylation sites is 1. The number of halogens is 4. The molecular weight excluding hydrogens is 371 g/mol. The third kappa shape index (κ3) is 5.10. The zero-order valence-corrected chi connectivity index (χ0v) is 14.2. The van der Waals surface area contributed by atoms with Crippen LogP contribution in [0.5, 0.6) is 0 Å². The van der Waals surface area contributed by atoms with Crippen LogP contribution in [0.15, 0.2) is 42.5 Å². The third-order valence-corrected chi connectivity index (χ3v) is 3.52. The predicted molar refractivity (Wildman–Crippen MR) is 91.0 cm³/mol. The first kappa shape index (κ1) is 19.5. The van der Waals surface area contributed by atoms with Gasteiger partial charge in [0.25, 0.3) is 5.91 Å². The van der Waals surface area contributed by atoms with E-state index < -0.39 is 41.1 Å². The number of hydrogen-bond donors (Lipinski definition) is 1. The Bertz CT molecular complexity index is 851. The van der Waals surface area contributed by atoms with Crippen molar-refractivity contribution in [1.29, 1.82) is 0 Å². The Morgan fingerprint density at radius 1 is 1.12 bits per heavy atom. The molecule has 0 saturated carbocycles. The highest BCUT2D eigenvalue weighted by molar-refractivity contribution is 6.30. The minimum absolute atomic E-state index is 0.111. The minimum atomic E-state index is -1.30. The first-order chi connectivity index (χ1) is 12.3. The molecular formula is C18H13ClF3NO3. The Morgan fingerprint density at radius 3 is 2.38 bits per heavy atom. The summed E-state index contributed by atoms with van der Waals surface area (Å²) in [6.07, 6.45) is 1.02. The highest BCUT2D eigenvalue weighted by atomic mass is 35.5. The lowest BCUT2D eigenvalue weighted by molar-refractivity contribution is -0.148. The van der Waals surface area contributed by atoms with Crippen molar-refractivity contribution in [2.24, 2.45) is 0 Å². The second kappa shape index (κ2) is 8.53. The summed E-state index contributed by atoms with van der Waals surface area (Å²) in [5.41, 5.74) is -0.184. The Labute approximate surface area is 152 Å². The van der Waals surface area contributed by atoms with E-state index in [1.165, 1.54) is 25.1 Å². The van der Waals surface area contributed by atoms with E-state index >= 15 is 0 Å². The van der Waals surface area contributed by atoms with Crippen LogP contribution in [-0.4, -0.2) is 18.0 Å². The maximum atomic E-state index is 13.5. The Morgan fingerprint density at radius 2 is 1.77 bits per heavy atom. The van der Waals surface area contributed by atoms with Crippen molar-refractivity contribution >= 4 is 35.2 Å². The maximum absolute atomic E-state index is 13.5. The van der Waals surface area contributed by atoms with Crippen LogP contribution in [0.2, 0.25) is 5.02 Å². The summed E-state index contributed by atoms with van der Waals surface area (Å²) < 4.78 is 44.9. The van der Waals surface area contributed by atoms with Crippen molar-refractivity contribution in [1.82, 2.24) is 0 Å². The molecule has 2 aromatic carbocycles. The van der Waals surface area contributed by atoms with Crippen molar-refractivity contribution in [2.45, 2.75) is 13.0 Å². The molecule has 0 bridgehead atoms. The zero-order chi connectivity index (χ0) is 19.3. The highest BCUT2D eigenvalue weighted by Gasteiger charge is 2.19. The van der Waals surface area contributed by atoms with Gasteiger partial charge >= 0.3 is 5.97 Å². The molecule has 4 nitrogen and oxygen atoms in total. The molecule has 136 valence electrons. The number of anilines is 1. The van der Waals surface area contributed by atoms with Gasteiger partial charge < -0.3 is 10.1 Å². The number of carbonyl (C=O) groups is 2. The molecule has 26 heavy (non-hydrogen) atoms. The van der Waals surface area contributed by atoms with Gasteiger partial charge in [0, 0.05) is 6.08 Å². The van der Waals surface area contributed by atoms with Crippen molar-refractivity contribution in [3.8, 4) is 0 Å². The molecule has 1 atom stereocenters. The van der Waals surface area contributed by atoms with Crippen LogP contribution in [0.1, 0.15) is 12.5 Å². The predicted octanol–water partition coefficient (Wildman–Crippen LogP) is 4.34. The van der Waals surface area contributed by atoms with E-state index in [9.17, 15) is 22.8 Å². The number of carbonyl (C=O) groups excluding carboxylic acids is 2. The van der Waals surface area contributed by atoms with Gasteiger partial charge in [0.1, 0.15) is 23.1 Å². The molecule has 0 radical (unpaired) electrons. The van der Waals surface area contributed by atoms with Gasteiger partial charge in [0.15, 0.2) is 6.10 Å². The number of rotatable bonds is 5. The van der Waals surface area contributed by atoms with Gasteiger partial charge in [-0.2, -0.15) is 0 Å². The lowest BCUT2D eigenvalue weighted by Crippen LogP contribution is -2.30. The smallest absolute Gasteiger partial charge is 0.331 e. The number of nitrogens with one attached hydrogen (secondary N) is 1. The van der Waals surface area contributed by atoms with Crippen LogP contribution in [0.3, 0.4) is 0 Å². The van der Waals surface area contributed by atoms with Crippen LogP contribution < -0.4 is 5.32 Å². The number of amides is 1. The van der Waals surface area contributed by atoms with Crippen molar-refractivity contribution < 1.29 is 27.5 Å². The van der Waals surface area contributed by atoms with E-state index in [1.54, 1.807) is 0 Å². The monoisotopic (exact) mass is 383 g/mol. The van der Waals surface area contributed by atoms with Gasteiger partial charge in [0.2, 0.25) is 0 Å². The lowest BCUT2D eigenvalue weighted by Gasteiger charge is -2.13. The normalized spacial score (nSPS) is 12.0. The molecule has 0 spiro atoms. The van der Waals surface area contributed by atoms with E-state index in [0.29, 0.717) is 5.56 Å². The molecule has 0 saturated heterocycles. The molecule has 0 fully saturated rings. The largest absolute Gasteiger partial charge is 0.449 e. The molecule has 0 aromatic heterocycles. The topological polar surface area (TPSA) is 55.4 Å². The van der Waals surface area contributed by atoms with Gasteiger partial charge in [-0.15, -0.1) is 0 Å². The minimum Gasteiger partial charge on any atom is -0.449 e. The molecule has 0 aliphatic heterocycles. The Balaban J connectivity index is 1.96. The molecule has 1 amide bonds. The van der Waals surface area contributed by atoms with Crippen LogP contribution >= 0.6 is 11.6 Å². The van der Waals surface area contributed by atoms with E-state index in [-0.39, 0.29) is 5.02 Å². The highest BCUT2D eigenvalue weighted by Crippen LogP contribution is 2.19. The van der Waals surface area contributed by atoms with E-state index in [4.69, 9.17) is 16.3 Å². The number of ether oxygens (including phenoxy) is 1. The summed E-state index contributed by atoms with van der Waals surface area (Å²) in [6.45, 7) is 1.24. The summed E-state index contributed by atoms with van der Waals surface area (Å²) in [7, 11) is 0. The Kier molecular flexibility index (Phi) is 6.41. The fraction of sp³-hybridized carbons (Fsp3) is 0.111. The first-order valence-corrected chi connectivity index (χ1v) is 7.74. The molecule has 8 heteroatoms. The summed E-state index contributed by atoms with van der Waals surface area (Å²) >= 11 is 5.62. The van der Waals surface area contributed by atoms with Gasteiger partial charge in [0.05, 0.1) is 5.02 Å². The van der Waals surface area contributed by atoms with Gasteiger partial charge in [-0.1, -0.05) is 23.7 Å². The number of esters is 1. The van der Waals surface area contributed by atoms with Crippen LogP contribution in [0, 0.1) is 17.5 Å². The second-order valence-corrected chi connectivity index (χ2v) is 5.58. The molecule has 2 aromatic rings. The number of hydrogen-bond acceptors (Lipinski definition) is 3. The quantitative estimate of drug-likeness (QED) is 0.617. The molecule has 0 unspecified atom stereocenters. The van der Waals surface area contributed by atoms with Gasteiger partial charge in [-0.05, 0) is 42.8 Å². The van der Waals surface area contributed by atoms with Crippen LogP contribution in [0.4, 0.5) is 18.9 Å². The molecule has 0 heterocycles. The first-order valence-electron chi connectivity index (χ1n) is 7.36.